The van der Waals surface area contributed by atoms with Crippen LogP contribution in [0, 0.1) is 5.92 Å². The third-order valence-corrected chi connectivity index (χ3v) is 6.74. The van der Waals surface area contributed by atoms with E-state index in [4.69, 9.17) is 0 Å². The lowest BCUT2D eigenvalue weighted by Gasteiger charge is -2.25. The number of anilines is 1. The number of hydrogen-bond acceptors (Lipinski definition) is 1. The Hall–Kier alpha value is -1.76. The van der Waals surface area contributed by atoms with Crippen LogP contribution < -0.4 is 4.90 Å². The third kappa shape index (κ3) is 2.13. The second-order valence-corrected chi connectivity index (χ2v) is 7.94. The number of fused-ring (bicyclic) bond motifs is 2. The van der Waals surface area contributed by atoms with Gasteiger partial charge in [0, 0.05) is 24.2 Å². The van der Waals surface area contributed by atoms with Crippen LogP contribution in [-0.4, -0.2) is 12.6 Å². The number of rotatable bonds is 2. The van der Waals surface area contributed by atoms with Gasteiger partial charge in [0.15, 0.2) is 0 Å². The van der Waals surface area contributed by atoms with Gasteiger partial charge < -0.3 is 4.90 Å². The van der Waals surface area contributed by atoms with Crippen molar-refractivity contribution in [3.63, 3.8) is 0 Å². The van der Waals surface area contributed by atoms with E-state index in [1.165, 1.54) is 28.8 Å². The van der Waals surface area contributed by atoms with Gasteiger partial charge in [0.2, 0.25) is 0 Å². The molecule has 0 radical (unpaired) electrons. The van der Waals surface area contributed by atoms with Gasteiger partial charge in [0.1, 0.15) is 0 Å². The minimum absolute atomic E-state index is 0.598. The van der Waals surface area contributed by atoms with Gasteiger partial charge in [-0.3, -0.25) is 0 Å². The molecule has 0 spiro atoms. The predicted molar refractivity (Wildman–Crippen MR) is 104 cm³/mol. The quantitative estimate of drug-likeness (QED) is 0.658. The van der Waals surface area contributed by atoms with E-state index in [0.717, 1.165) is 12.5 Å². The molecule has 0 saturated heterocycles. The van der Waals surface area contributed by atoms with Crippen molar-refractivity contribution in [3.05, 3.63) is 53.1 Å². The fraction of sp³-hybridized carbons (Fsp3) is 0.478. The van der Waals surface area contributed by atoms with Gasteiger partial charge in [0.25, 0.3) is 0 Å². The summed E-state index contributed by atoms with van der Waals surface area (Å²) in [5.41, 5.74) is 8.96. The second-order valence-electron chi connectivity index (χ2n) is 7.94. The molecule has 0 saturated carbocycles. The molecular formula is C23H29N. The summed E-state index contributed by atoms with van der Waals surface area (Å²) in [6.45, 7) is 12.9. The lowest BCUT2D eigenvalue weighted by Crippen LogP contribution is -2.30. The van der Waals surface area contributed by atoms with Crippen LogP contribution in [0.3, 0.4) is 0 Å². The lowest BCUT2D eigenvalue weighted by atomic mass is 9.89. The van der Waals surface area contributed by atoms with Gasteiger partial charge in [-0.25, -0.2) is 0 Å². The zero-order valence-corrected chi connectivity index (χ0v) is 15.6. The summed E-state index contributed by atoms with van der Waals surface area (Å²) in [7, 11) is 0. The maximum Gasteiger partial charge on any atom is 0.0411 e. The van der Waals surface area contributed by atoms with E-state index >= 15 is 0 Å². The Kier molecular flexibility index (Phi) is 3.71. The highest BCUT2D eigenvalue weighted by molar-refractivity contribution is 5.77. The van der Waals surface area contributed by atoms with Crippen LogP contribution in [0.5, 0.6) is 0 Å². The van der Waals surface area contributed by atoms with Gasteiger partial charge in [-0.15, -0.1) is 0 Å². The summed E-state index contributed by atoms with van der Waals surface area (Å²) in [6, 6.07) is 14.7. The molecule has 2 aromatic carbocycles. The summed E-state index contributed by atoms with van der Waals surface area (Å²) in [5, 5.41) is 0. The van der Waals surface area contributed by atoms with E-state index in [9.17, 15) is 0 Å². The first-order valence-electron chi connectivity index (χ1n) is 9.55. The van der Waals surface area contributed by atoms with Crippen molar-refractivity contribution >= 4 is 5.69 Å². The molecule has 0 amide bonds. The van der Waals surface area contributed by atoms with E-state index < -0.39 is 0 Å². The maximum atomic E-state index is 2.57. The normalized spacial score (nSPS) is 28.1. The van der Waals surface area contributed by atoms with E-state index in [1.807, 2.05) is 0 Å². The average molecular weight is 319 g/mol. The monoisotopic (exact) mass is 319 g/mol. The number of likely N-dealkylation sites (N-methyl/N-ethyl adjacent to an activating group) is 1. The van der Waals surface area contributed by atoms with Crippen molar-refractivity contribution in [1.82, 2.24) is 0 Å². The Morgan fingerprint density at radius 3 is 2.54 bits per heavy atom. The topological polar surface area (TPSA) is 3.24 Å². The summed E-state index contributed by atoms with van der Waals surface area (Å²) in [6.07, 6.45) is 1.23. The summed E-state index contributed by atoms with van der Waals surface area (Å²) in [5.74, 6) is 2.03. The zero-order chi connectivity index (χ0) is 17.0. The highest BCUT2D eigenvalue weighted by Gasteiger charge is 2.33. The summed E-state index contributed by atoms with van der Waals surface area (Å²) >= 11 is 0. The molecule has 126 valence electrons. The van der Waals surface area contributed by atoms with Crippen molar-refractivity contribution in [3.8, 4) is 11.1 Å². The molecule has 1 heteroatoms. The van der Waals surface area contributed by atoms with Gasteiger partial charge in [0.05, 0.1) is 0 Å². The standard InChI is InChI=1S/C23H29N/c1-6-24-17(5)16(4)20-11-10-18(13-22(20)24)21-9-7-8-19-12-14(2)15(3)23(19)21/h7-11,13-17H,6,12H2,1-5H3/t14-,15-,16+,17-/m0/s1. The van der Waals surface area contributed by atoms with Crippen molar-refractivity contribution in [1.29, 1.82) is 0 Å². The smallest absolute Gasteiger partial charge is 0.0411 e. The molecule has 1 aliphatic heterocycles. The molecule has 0 unspecified atom stereocenters. The third-order valence-electron chi connectivity index (χ3n) is 6.74. The van der Waals surface area contributed by atoms with E-state index in [0.29, 0.717) is 17.9 Å². The highest BCUT2D eigenvalue weighted by Crippen LogP contribution is 2.46. The molecule has 4 rings (SSSR count). The SMILES string of the molecule is CCN1c2cc(-c3cccc4c3[C@@H](C)[C@@H](C)C4)ccc2[C@H](C)[C@@H]1C. The fourth-order valence-electron chi connectivity index (χ4n) is 4.94. The van der Waals surface area contributed by atoms with Crippen molar-refractivity contribution < 1.29 is 0 Å². The second kappa shape index (κ2) is 5.65. The van der Waals surface area contributed by atoms with Crippen LogP contribution in [-0.2, 0) is 6.42 Å². The molecule has 1 aliphatic carbocycles. The maximum absolute atomic E-state index is 2.57. The Balaban J connectivity index is 1.84. The molecule has 0 N–H and O–H groups in total. The minimum Gasteiger partial charge on any atom is -0.368 e. The van der Waals surface area contributed by atoms with E-state index in [-0.39, 0.29) is 0 Å². The first-order chi connectivity index (χ1) is 11.5. The molecule has 1 heterocycles. The Bertz CT molecular complexity index is 776. The van der Waals surface area contributed by atoms with Gasteiger partial charge in [-0.05, 0) is 66.0 Å². The molecule has 2 aliphatic rings. The van der Waals surface area contributed by atoms with Gasteiger partial charge in [-0.2, -0.15) is 0 Å². The van der Waals surface area contributed by atoms with Gasteiger partial charge >= 0.3 is 0 Å². The van der Waals surface area contributed by atoms with Crippen LogP contribution in [0.25, 0.3) is 11.1 Å². The molecule has 0 bridgehead atoms. The first kappa shape index (κ1) is 15.7. The van der Waals surface area contributed by atoms with Crippen molar-refractivity contribution in [2.24, 2.45) is 5.92 Å². The predicted octanol–water partition coefficient (Wildman–Crippen LogP) is 5.98. The summed E-state index contributed by atoms with van der Waals surface area (Å²) < 4.78 is 0. The zero-order valence-electron chi connectivity index (χ0n) is 15.6. The van der Waals surface area contributed by atoms with E-state index in [1.54, 1.807) is 11.1 Å². The number of nitrogens with zero attached hydrogens (tertiary/aromatic N) is 1. The molecule has 0 aromatic heterocycles. The summed E-state index contributed by atoms with van der Waals surface area (Å²) in [4.78, 5) is 2.57. The number of benzene rings is 2. The average Bonchev–Trinajstić information content (AvgIpc) is 3.01. The molecule has 24 heavy (non-hydrogen) atoms. The molecular weight excluding hydrogens is 290 g/mol. The van der Waals surface area contributed by atoms with Crippen LogP contribution in [0.1, 0.15) is 63.1 Å². The van der Waals surface area contributed by atoms with E-state index in [2.05, 4.69) is 75.9 Å². The van der Waals surface area contributed by atoms with Crippen molar-refractivity contribution in [2.45, 2.75) is 58.9 Å². The minimum atomic E-state index is 0.598. The Morgan fingerprint density at radius 2 is 1.79 bits per heavy atom. The molecule has 4 atom stereocenters. The fourth-order valence-corrected chi connectivity index (χ4v) is 4.94. The van der Waals surface area contributed by atoms with Crippen LogP contribution >= 0.6 is 0 Å². The Morgan fingerprint density at radius 1 is 1.00 bits per heavy atom. The van der Waals surface area contributed by atoms with Crippen LogP contribution in [0.4, 0.5) is 5.69 Å². The lowest BCUT2D eigenvalue weighted by molar-refractivity contribution is 0.532. The van der Waals surface area contributed by atoms with Gasteiger partial charge in [-0.1, -0.05) is 51.1 Å². The van der Waals surface area contributed by atoms with Crippen LogP contribution in [0.2, 0.25) is 0 Å². The molecule has 2 aromatic rings. The molecule has 1 nitrogen and oxygen atoms in total. The largest absolute Gasteiger partial charge is 0.368 e. The number of hydrogen-bond donors (Lipinski definition) is 0. The Labute approximate surface area is 146 Å². The molecule has 0 fully saturated rings. The highest BCUT2D eigenvalue weighted by atomic mass is 15.2. The van der Waals surface area contributed by atoms with Crippen molar-refractivity contribution in [2.75, 3.05) is 11.4 Å². The first-order valence-corrected chi connectivity index (χ1v) is 9.55. The van der Waals surface area contributed by atoms with Crippen LogP contribution in [0.15, 0.2) is 36.4 Å².